The van der Waals surface area contributed by atoms with E-state index in [1.54, 1.807) is 72.8 Å². The predicted molar refractivity (Wildman–Crippen MR) is 143 cm³/mol. The number of hydrazine groups is 1. The van der Waals surface area contributed by atoms with Crippen LogP contribution in [0.5, 0.6) is 11.5 Å². The van der Waals surface area contributed by atoms with Gasteiger partial charge in [0, 0.05) is 21.2 Å². The molecule has 1 aliphatic rings. The fourth-order valence-corrected chi connectivity index (χ4v) is 4.80. The number of methoxy groups -OCH3 is 1. The fraction of sp³-hybridized carbons (Fsp3) is 0.0800. The van der Waals surface area contributed by atoms with Crippen molar-refractivity contribution in [3.05, 3.63) is 98.4 Å². The first kappa shape index (κ1) is 25.1. The van der Waals surface area contributed by atoms with E-state index >= 15 is 0 Å². The molecule has 1 heterocycles. The molecular weight excluding hydrogens is 527 g/mol. The van der Waals surface area contributed by atoms with E-state index in [0.717, 1.165) is 22.3 Å². The Morgan fingerprint density at radius 1 is 1.09 bits per heavy atom. The number of amides is 2. The van der Waals surface area contributed by atoms with Gasteiger partial charge >= 0.3 is 0 Å². The SMILES string of the molecule is COc1cc(/C=C2\SC(=S)N(NC(=O)c3ccccc3)C2=O)ccc1OCc1ccc(Cl)cc1Cl. The van der Waals surface area contributed by atoms with Crippen LogP contribution in [0.1, 0.15) is 21.5 Å². The lowest BCUT2D eigenvalue weighted by atomic mass is 10.2. The second-order valence-corrected chi connectivity index (χ2v) is 9.78. The molecule has 0 aliphatic carbocycles. The Labute approximate surface area is 221 Å². The van der Waals surface area contributed by atoms with Gasteiger partial charge in [-0.1, -0.05) is 65.3 Å². The third kappa shape index (κ3) is 5.97. The number of thioether (sulfide) groups is 1. The highest BCUT2D eigenvalue weighted by atomic mass is 35.5. The zero-order chi connectivity index (χ0) is 24.9. The molecule has 3 aromatic rings. The van der Waals surface area contributed by atoms with Crippen LogP contribution in [0, 0.1) is 0 Å². The molecule has 1 N–H and O–H groups in total. The zero-order valence-corrected chi connectivity index (χ0v) is 21.4. The first-order valence-corrected chi connectivity index (χ1v) is 12.2. The van der Waals surface area contributed by atoms with Gasteiger partial charge in [-0.15, -0.1) is 0 Å². The number of carbonyl (C=O) groups is 2. The topological polar surface area (TPSA) is 67.9 Å². The number of rotatable bonds is 7. The van der Waals surface area contributed by atoms with Gasteiger partial charge in [0.05, 0.1) is 12.0 Å². The number of ether oxygens (including phenoxy) is 2. The Morgan fingerprint density at radius 2 is 1.86 bits per heavy atom. The number of carbonyl (C=O) groups excluding carboxylic acids is 2. The molecule has 0 bridgehead atoms. The minimum Gasteiger partial charge on any atom is -0.493 e. The van der Waals surface area contributed by atoms with Crippen LogP contribution in [0.25, 0.3) is 6.08 Å². The summed E-state index contributed by atoms with van der Waals surface area (Å²) in [6, 6.07) is 19.1. The van der Waals surface area contributed by atoms with Gasteiger partial charge in [0.2, 0.25) is 0 Å². The number of benzene rings is 3. The number of thiocarbonyl (C=S) groups is 1. The van der Waals surface area contributed by atoms with Gasteiger partial charge in [0.25, 0.3) is 11.8 Å². The summed E-state index contributed by atoms with van der Waals surface area (Å²) in [5.74, 6) is 0.156. The van der Waals surface area contributed by atoms with Gasteiger partial charge in [0.1, 0.15) is 6.61 Å². The quantitative estimate of drug-likeness (QED) is 0.285. The van der Waals surface area contributed by atoms with Crippen molar-refractivity contribution in [2.45, 2.75) is 6.61 Å². The molecule has 2 amide bonds. The van der Waals surface area contributed by atoms with Crippen LogP contribution in [-0.4, -0.2) is 28.3 Å². The standard InChI is InChI=1S/C25H18Cl2N2O4S2/c1-32-21-11-15(7-10-20(21)33-14-17-8-9-18(26)13-19(17)27)12-22-24(31)29(25(34)35-22)28-23(30)16-5-3-2-4-6-16/h2-13H,14H2,1H3,(H,28,30)/b22-12-. The fourth-order valence-electron chi connectivity index (χ4n) is 3.16. The van der Waals surface area contributed by atoms with Gasteiger partial charge in [-0.2, -0.15) is 5.01 Å². The summed E-state index contributed by atoms with van der Waals surface area (Å²) in [5.41, 5.74) is 4.47. The van der Waals surface area contributed by atoms with Crippen LogP contribution in [0.15, 0.2) is 71.6 Å². The average molecular weight is 545 g/mol. The van der Waals surface area contributed by atoms with E-state index in [0.29, 0.717) is 37.6 Å². The third-order valence-corrected chi connectivity index (χ3v) is 6.82. The number of nitrogens with zero attached hydrogens (tertiary/aromatic N) is 1. The summed E-state index contributed by atoms with van der Waals surface area (Å²) < 4.78 is 11.6. The van der Waals surface area contributed by atoms with Crippen LogP contribution in [0.4, 0.5) is 0 Å². The van der Waals surface area contributed by atoms with E-state index in [-0.39, 0.29) is 10.9 Å². The molecule has 10 heteroatoms. The molecule has 0 spiro atoms. The molecule has 6 nitrogen and oxygen atoms in total. The van der Waals surface area contributed by atoms with E-state index in [9.17, 15) is 9.59 Å². The molecular formula is C25H18Cl2N2O4S2. The Bertz CT molecular complexity index is 1330. The van der Waals surface area contributed by atoms with E-state index < -0.39 is 11.8 Å². The van der Waals surface area contributed by atoms with E-state index in [4.69, 9.17) is 44.9 Å². The van der Waals surface area contributed by atoms with Crippen molar-refractivity contribution in [1.82, 2.24) is 10.4 Å². The van der Waals surface area contributed by atoms with Crippen molar-refractivity contribution in [3.63, 3.8) is 0 Å². The predicted octanol–water partition coefficient (Wildman–Crippen LogP) is 6.13. The van der Waals surface area contributed by atoms with Crippen LogP contribution < -0.4 is 14.9 Å². The van der Waals surface area contributed by atoms with Crippen LogP contribution >= 0.6 is 47.2 Å². The maximum absolute atomic E-state index is 12.9. The van der Waals surface area contributed by atoms with Crippen molar-refractivity contribution in [1.29, 1.82) is 0 Å². The smallest absolute Gasteiger partial charge is 0.285 e. The van der Waals surface area contributed by atoms with Crippen molar-refractivity contribution in [2.75, 3.05) is 7.11 Å². The summed E-state index contributed by atoms with van der Waals surface area (Å²) in [5, 5.41) is 2.13. The summed E-state index contributed by atoms with van der Waals surface area (Å²) in [4.78, 5) is 25.7. The first-order valence-electron chi connectivity index (χ1n) is 10.2. The molecule has 0 saturated carbocycles. The molecule has 178 valence electrons. The van der Waals surface area contributed by atoms with Crippen LogP contribution in [0.2, 0.25) is 10.0 Å². The van der Waals surface area contributed by atoms with Crippen molar-refractivity contribution < 1.29 is 19.1 Å². The summed E-state index contributed by atoms with van der Waals surface area (Å²) in [6.07, 6.45) is 1.68. The van der Waals surface area contributed by atoms with Gasteiger partial charge in [0.15, 0.2) is 15.8 Å². The van der Waals surface area contributed by atoms with Crippen LogP contribution in [-0.2, 0) is 11.4 Å². The summed E-state index contributed by atoms with van der Waals surface area (Å²) in [6.45, 7) is 0.228. The second-order valence-electron chi connectivity index (χ2n) is 7.26. The molecule has 1 aliphatic heterocycles. The number of hydrogen-bond donors (Lipinski definition) is 1. The highest BCUT2D eigenvalue weighted by molar-refractivity contribution is 8.26. The van der Waals surface area contributed by atoms with Gasteiger partial charge < -0.3 is 9.47 Å². The van der Waals surface area contributed by atoms with E-state index in [1.807, 2.05) is 0 Å². The average Bonchev–Trinajstić information content (AvgIpc) is 3.11. The van der Waals surface area contributed by atoms with Crippen molar-refractivity contribution in [2.24, 2.45) is 0 Å². The maximum atomic E-state index is 12.9. The highest BCUT2D eigenvalue weighted by Gasteiger charge is 2.33. The lowest BCUT2D eigenvalue weighted by Gasteiger charge is -2.15. The monoisotopic (exact) mass is 544 g/mol. The third-order valence-electron chi connectivity index (χ3n) is 4.93. The summed E-state index contributed by atoms with van der Waals surface area (Å²) in [7, 11) is 1.53. The summed E-state index contributed by atoms with van der Waals surface area (Å²) >= 11 is 18.6. The second kappa shape index (κ2) is 11.1. The number of nitrogens with one attached hydrogen (secondary N) is 1. The molecule has 1 fully saturated rings. The Morgan fingerprint density at radius 3 is 2.57 bits per heavy atom. The molecule has 0 unspecified atom stereocenters. The van der Waals surface area contributed by atoms with Crippen molar-refractivity contribution >= 4 is 69.4 Å². The molecule has 35 heavy (non-hydrogen) atoms. The van der Waals surface area contributed by atoms with E-state index in [2.05, 4.69) is 5.43 Å². The molecule has 3 aromatic carbocycles. The molecule has 1 saturated heterocycles. The Hall–Kier alpha value is -3.04. The van der Waals surface area contributed by atoms with Gasteiger partial charge in [-0.25, -0.2) is 0 Å². The van der Waals surface area contributed by atoms with Crippen molar-refractivity contribution in [3.8, 4) is 11.5 Å². The number of hydrogen-bond acceptors (Lipinski definition) is 6. The Balaban J connectivity index is 1.47. The number of halogens is 2. The normalized spacial score (nSPS) is 14.4. The lowest BCUT2D eigenvalue weighted by Crippen LogP contribution is -2.44. The van der Waals surface area contributed by atoms with Gasteiger partial charge in [-0.05, 0) is 60.3 Å². The minimum absolute atomic E-state index is 0.228. The zero-order valence-electron chi connectivity index (χ0n) is 18.3. The largest absolute Gasteiger partial charge is 0.493 e. The molecule has 0 atom stereocenters. The molecule has 0 radical (unpaired) electrons. The maximum Gasteiger partial charge on any atom is 0.285 e. The minimum atomic E-state index is -0.424. The molecule has 0 aromatic heterocycles. The molecule has 4 rings (SSSR count). The highest BCUT2D eigenvalue weighted by Crippen LogP contribution is 2.34. The lowest BCUT2D eigenvalue weighted by molar-refractivity contribution is -0.123. The Kier molecular flexibility index (Phi) is 7.97. The van der Waals surface area contributed by atoms with E-state index in [1.165, 1.54) is 7.11 Å². The van der Waals surface area contributed by atoms with Crippen LogP contribution in [0.3, 0.4) is 0 Å². The van der Waals surface area contributed by atoms with Gasteiger partial charge in [-0.3, -0.25) is 15.0 Å². The first-order chi connectivity index (χ1) is 16.9.